The van der Waals surface area contributed by atoms with Crippen LogP contribution in [-0.2, 0) is 22.4 Å². The van der Waals surface area contributed by atoms with Crippen LogP contribution in [0.25, 0.3) is 0 Å². The maximum Gasteiger partial charge on any atom is 0.246 e. The van der Waals surface area contributed by atoms with Gasteiger partial charge in [-0.2, -0.15) is 9.40 Å². The maximum absolute atomic E-state index is 12.6. The number of hydrogen-bond acceptors (Lipinski definition) is 4. The molecule has 0 bridgehead atoms. The first-order valence-corrected chi connectivity index (χ1v) is 7.90. The van der Waals surface area contributed by atoms with Crippen molar-refractivity contribution in [2.75, 3.05) is 7.05 Å². The van der Waals surface area contributed by atoms with Gasteiger partial charge in [0.25, 0.3) is 0 Å². The predicted octanol–water partition coefficient (Wildman–Crippen LogP) is 1.67. The molecule has 8 heteroatoms. The van der Waals surface area contributed by atoms with Crippen molar-refractivity contribution in [2.45, 2.75) is 24.2 Å². The molecular weight excluding hydrogens is 300 g/mol. The molecule has 0 aliphatic carbocycles. The topological polar surface area (TPSA) is 79.0 Å². The highest BCUT2D eigenvalue weighted by Gasteiger charge is 2.28. The van der Waals surface area contributed by atoms with Gasteiger partial charge in [0, 0.05) is 13.2 Å². The van der Waals surface area contributed by atoms with Crippen molar-refractivity contribution in [1.82, 2.24) is 19.5 Å². The van der Waals surface area contributed by atoms with Gasteiger partial charge in [0.1, 0.15) is 4.90 Å². The fourth-order valence-corrected chi connectivity index (χ4v) is 3.60. The van der Waals surface area contributed by atoms with Crippen LogP contribution in [0.15, 0.2) is 29.3 Å². The average Bonchev–Trinajstić information content (AvgIpc) is 2.81. The van der Waals surface area contributed by atoms with Crippen molar-refractivity contribution in [3.05, 3.63) is 41.5 Å². The Balaban J connectivity index is 2.32. The van der Waals surface area contributed by atoms with Gasteiger partial charge in [0.05, 0.1) is 29.5 Å². The lowest BCUT2D eigenvalue weighted by molar-refractivity contribution is 0.461. The first kappa shape index (κ1) is 15.0. The number of aryl methyl sites for hydroxylation is 1. The van der Waals surface area contributed by atoms with Gasteiger partial charge in [0.15, 0.2) is 0 Å². The number of rotatable bonds is 5. The molecule has 0 radical (unpaired) electrons. The van der Waals surface area contributed by atoms with Crippen LogP contribution in [0.2, 0.25) is 0 Å². The summed E-state index contributed by atoms with van der Waals surface area (Å²) in [7, 11) is -2.14. The summed E-state index contributed by atoms with van der Waals surface area (Å²) in [4.78, 5) is 4.27. The molecule has 2 aromatic heterocycles. The second-order valence-corrected chi connectivity index (χ2v) is 6.59. The third-order valence-electron chi connectivity index (χ3n) is 2.87. The van der Waals surface area contributed by atoms with Gasteiger partial charge in [-0.05, 0) is 19.1 Å². The number of H-pyrrole nitrogens is 1. The molecule has 0 saturated carbocycles. The van der Waals surface area contributed by atoms with Crippen LogP contribution in [0.1, 0.15) is 17.1 Å². The number of sulfonamides is 1. The van der Waals surface area contributed by atoms with Crippen LogP contribution in [0, 0.1) is 6.92 Å². The molecule has 20 heavy (non-hydrogen) atoms. The number of alkyl halides is 1. The maximum atomic E-state index is 12.6. The Morgan fingerprint density at radius 2 is 2.15 bits per heavy atom. The average molecular weight is 315 g/mol. The molecule has 2 aromatic rings. The van der Waals surface area contributed by atoms with E-state index in [1.54, 1.807) is 25.3 Å². The number of nitrogens with zero attached hydrogens (tertiary/aromatic N) is 3. The van der Waals surface area contributed by atoms with Crippen LogP contribution < -0.4 is 0 Å². The van der Waals surface area contributed by atoms with Crippen molar-refractivity contribution >= 4 is 21.6 Å². The van der Waals surface area contributed by atoms with E-state index in [9.17, 15) is 8.42 Å². The molecule has 0 amide bonds. The van der Waals surface area contributed by atoms with Gasteiger partial charge < -0.3 is 0 Å². The molecule has 0 aliphatic heterocycles. The Hall–Kier alpha value is -1.44. The minimum atomic E-state index is -3.65. The number of halogens is 1. The van der Waals surface area contributed by atoms with Crippen molar-refractivity contribution in [1.29, 1.82) is 0 Å². The molecule has 2 heterocycles. The fourth-order valence-electron chi connectivity index (χ4n) is 1.86. The minimum Gasteiger partial charge on any atom is -0.281 e. The van der Waals surface area contributed by atoms with E-state index >= 15 is 0 Å². The Kier molecular flexibility index (Phi) is 4.42. The third kappa shape index (κ3) is 2.84. The van der Waals surface area contributed by atoms with E-state index in [0.717, 1.165) is 0 Å². The summed E-state index contributed by atoms with van der Waals surface area (Å²) in [5, 5.41) is 6.57. The van der Waals surface area contributed by atoms with Crippen molar-refractivity contribution in [2.24, 2.45) is 0 Å². The highest BCUT2D eigenvalue weighted by atomic mass is 35.5. The van der Waals surface area contributed by atoms with E-state index in [4.69, 9.17) is 11.6 Å². The van der Waals surface area contributed by atoms with Crippen LogP contribution in [-0.4, -0.2) is 35.0 Å². The second kappa shape index (κ2) is 5.90. The number of aromatic amines is 1. The molecule has 0 fully saturated rings. The van der Waals surface area contributed by atoms with Crippen molar-refractivity contribution < 1.29 is 8.42 Å². The number of nitrogens with one attached hydrogen (secondary N) is 1. The first-order valence-electron chi connectivity index (χ1n) is 5.93. The molecule has 0 aliphatic rings. The van der Waals surface area contributed by atoms with E-state index in [1.165, 1.54) is 11.4 Å². The lowest BCUT2D eigenvalue weighted by Crippen LogP contribution is -2.27. The van der Waals surface area contributed by atoms with Gasteiger partial charge in [-0.3, -0.25) is 10.1 Å². The summed E-state index contributed by atoms with van der Waals surface area (Å²) in [5.74, 6) is 0.0380. The van der Waals surface area contributed by atoms with Gasteiger partial charge in [-0.1, -0.05) is 6.07 Å². The zero-order valence-electron chi connectivity index (χ0n) is 11.2. The summed E-state index contributed by atoms with van der Waals surface area (Å²) >= 11 is 5.74. The molecule has 0 aromatic carbocycles. The molecular formula is C12H15ClN4O2S. The van der Waals surface area contributed by atoms with Gasteiger partial charge in [0.2, 0.25) is 10.0 Å². The standard InChI is InChI=1S/C12H15ClN4O2S/c1-9-12(11(7-13)16-15-9)20(18,19)17(2)8-10-5-3-4-6-14-10/h3-6H,7-8H2,1-2H3,(H,15,16). The molecule has 108 valence electrons. The zero-order valence-corrected chi connectivity index (χ0v) is 12.7. The highest BCUT2D eigenvalue weighted by molar-refractivity contribution is 7.89. The number of hydrogen-bond donors (Lipinski definition) is 1. The molecule has 0 spiro atoms. The quantitative estimate of drug-likeness (QED) is 0.851. The van der Waals surface area contributed by atoms with E-state index < -0.39 is 10.0 Å². The summed E-state index contributed by atoms with van der Waals surface area (Å²) < 4.78 is 26.4. The van der Waals surface area contributed by atoms with Crippen LogP contribution >= 0.6 is 11.6 Å². The van der Waals surface area contributed by atoms with Gasteiger partial charge in [-0.15, -0.1) is 11.6 Å². The van der Waals surface area contributed by atoms with Crippen LogP contribution in [0.3, 0.4) is 0 Å². The summed E-state index contributed by atoms with van der Waals surface area (Å²) in [6, 6.07) is 5.37. The number of pyridine rings is 1. The molecule has 2 rings (SSSR count). The SMILES string of the molecule is Cc1[nH]nc(CCl)c1S(=O)(=O)N(C)Cc1ccccn1. The monoisotopic (exact) mass is 314 g/mol. The molecule has 6 nitrogen and oxygen atoms in total. The molecule has 1 N–H and O–H groups in total. The number of aromatic nitrogens is 3. The normalized spacial score (nSPS) is 12.0. The Labute approximate surface area is 122 Å². The van der Waals surface area contributed by atoms with Crippen molar-refractivity contribution in [3.63, 3.8) is 0 Å². The Morgan fingerprint density at radius 3 is 2.75 bits per heavy atom. The predicted molar refractivity (Wildman–Crippen MR) is 75.8 cm³/mol. The van der Waals surface area contributed by atoms with Gasteiger partial charge >= 0.3 is 0 Å². The van der Waals surface area contributed by atoms with Crippen molar-refractivity contribution in [3.8, 4) is 0 Å². The van der Waals surface area contributed by atoms with Crippen LogP contribution in [0.4, 0.5) is 0 Å². The highest BCUT2D eigenvalue weighted by Crippen LogP contribution is 2.23. The molecule has 0 atom stereocenters. The molecule has 0 unspecified atom stereocenters. The fraction of sp³-hybridized carbons (Fsp3) is 0.333. The third-order valence-corrected chi connectivity index (χ3v) is 5.13. The second-order valence-electron chi connectivity index (χ2n) is 4.34. The van der Waals surface area contributed by atoms with Gasteiger partial charge in [-0.25, -0.2) is 8.42 Å². The van der Waals surface area contributed by atoms with E-state index in [0.29, 0.717) is 17.1 Å². The lowest BCUT2D eigenvalue weighted by atomic mass is 10.3. The first-order chi connectivity index (χ1) is 9.46. The Bertz CT molecular complexity index is 685. The minimum absolute atomic E-state index is 0.0380. The summed E-state index contributed by atoms with van der Waals surface area (Å²) in [6.07, 6.45) is 1.63. The van der Waals surface area contributed by atoms with E-state index in [1.807, 2.05) is 6.07 Å². The largest absolute Gasteiger partial charge is 0.281 e. The van der Waals surface area contributed by atoms with E-state index in [-0.39, 0.29) is 17.3 Å². The van der Waals surface area contributed by atoms with Crippen LogP contribution in [0.5, 0.6) is 0 Å². The smallest absolute Gasteiger partial charge is 0.246 e. The Morgan fingerprint density at radius 1 is 1.40 bits per heavy atom. The summed E-state index contributed by atoms with van der Waals surface area (Å²) in [6.45, 7) is 1.85. The zero-order chi connectivity index (χ0) is 14.8. The molecule has 0 saturated heterocycles. The van der Waals surface area contributed by atoms with E-state index in [2.05, 4.69) is 15.2 Å². The summed E-state index contributed by atoms with van der Waals surface area (Å²) in [5.41, 5.74) is 1.48. The lowest BCUT2D eigenvalue weighted by Gasteiger charge is -2.17.